The van der Waals surface area contributed by atoms with Crippen molar-refractivity contribution in [2.24, 2.45) is 0 Å². The lowest BCUT2D eigenvalue weighted by atomic mass is 9.98. The van der Waals surface area contributed by atoms with Crippen LogP contribution in [0.3, 0.4) is 0 Å². The summed E-state index contributed by atoms with van der Waals surface area (Å²) in [6.45, 7) is 3.33. The molecule has 1 aromatic carbocycles. The fourth-order valence-corrected chi connectivity index (χ4v) is 2.92. The zero-order chi connectivity index (χ0) is 12.7. The van der Waals surface area contributed by atoms with Crippen LogP contribution in [0.15, 0.2) is 29.2 Å². The maximum atomic E-state index is 11.9. The molecule has 0 atom stereocenters. The molecule has 0 bridgehead atoms. The van der Waals surface area contributed by atoms with E-state index in [1.165, 1.54) is 0 Å². The Hall–Kier alpha value is -1.16. The van der Waals surface area contributed by atoms with Crippen molar-refractivity contribution in [3.63, 3.8) is 0 Å². The summed E-state index contributed by atoms with van der Waals surface area (Å²) in [4.78, 5) is 11.3. The van der Waals surface area contributed by atoms with Crippen molar-refractivity contribution in [2.75, 3.05) is 0 Å². The summed E-state index contributed by atoms with van der Waals surface area (Å²) in [6.07, 6.45) is 2.71. The Bertz CT molecular complexity index is 522. The molecule has 0 amide bonds. The second kappa shape index (κ2) is 3.95. The van der Waals surface area contributed by atoms with Crippen LogP contribution in [0.25, 0.3) is 0 Å². The third-order valence-corrected chi connectivity index (χ3v) is 5.56. The molecule has 4 heteroatoms. The first kappa shape index (κ1) is 12.3. The average Bonchev–Trinajstić information content (AvgIpc) is 3.10. The summed E-state index contributed by atoms with van der Waals surface area (Å²) in [7, 11) is -3.21. The summed E-state index contributed by atoms with van der Waals surface area (Å²) in [5.41, 5.74) is 0.593. The number of hydrogen-bond acceptors (Lipinski definition) is 3. The summed E-state index contributed by atoms with van der Waals surface area (Å²) in [6, 6.07) is 6.73. The number of sulfone groups is 1. The second-order valence-corrected chi connectivity index (χ2v) is 7.40. The van der Waals surface area contributed by atoms with Gasteiger partial charge in [-0.15, -0.1) is 0 Å². The van der Waals surface area contributed by atoms with Crippen LogP contribution >= 0.6 is 0 Å². The van der Waals surface area contributed by atoms with Crippen molar-refractivity contribution in [3.8, 4) is 0 Å². The van der Waals surface area contributed by atoms with Crippen LogP contribution in [-0.2, 0) is 20.0 Å². The zero-order valence-corrected chi connectivity index (χ0v) is 10.8. The largest absolute Gasteiger partial charge is 0.302 e. The number of aldehydes is 1. The molecule has 2 rings (SSSR count). The predicted octanol–water partition coefficient (Wildman–Crippen LogP) is 2.10. The molecule has 0 N–H and O–H groups in total. The van der Waals surface area contributed by atoms with E-state index in [0.717, 1.165) is 24.7 Å². The molecule has 0 aromatic heterocycles. The average molecular weight is 252 g/mol. The van der Waals surface area contributed by atoms with Crippen LogP contribution in [0.5, 0.6) is 0 Å². The lowest BCUT2D eigenvalue weighted by molar-refractivity contribution is -0.109. The first-order chi connectivity index (χ1) is 7.92. The maximum Gasteiger partial charge on any atom is 0.180 e. The van der Waals surface area contributed by atoms with Crippen LogP contribution in [0.1, 0.15) is 32.3 Å². The summed E-state index contributed by atoms with van der Waals surface area (Å²) in [5, 5.41) is -0.422. The number of benzene rings is 1. The fraction of sp³-hybridized carbons (Fsp3) is 0.462. The number of carbonyl (C=O) groups is 1. The first-order valence-electron chi connectivity index (χ1n) is 5.73. The quantitative estimate of drug-likeness (QED) is 0.771. The van der Waals surface area contributed by atoms with Crippen molar-refractivity contribution in [3.05, 3.63) is 29.8 Å². The van der Waals surface area contributed by atoms with E-state index >= 15 is 0 Å². The molecule has 0 aliphatic heterocycles. The van der Waals surface area contributed by atoms with Crippen LogP contribution < -0.4 is 0 Å². The van der Waals surface area contributed by atoms with Crippen LogP contribution in [0, 0.1) is 0 Å². The van der Waals surface area contributed by atoms with Gasteiger partial charge in [-0.2, -0.15) is 0 Å². The fourth-order valence-electron chi connectivity index (χ4n) is 1.86. The smallest absolute Gasteiger partial charge is 0.180 e. The molecule has 1 aliphatic rings. The molecule has 92 valence electrons. The van der Waals surface area contributed by atoms with Gasteiger partial charge in [-0.25, -0.2) is 8.42 Å². The minimum absolute atomic E-state index is 0.331. The predicted molar refractivity (Wildman–Crippen MR) is 65.7 cm³/mol. The molecule has 17 heavy (non-hydrogen) atoms. The summed E-state index contributed by atoms with van der Waals surface area (Å²) >= 11 is 0. The first-order valence-corrected chi connectivity index (χ1v) is 7.28. The number of rotatable bonds is 4. The Morgan fingerprint density at radius 3 is 2.06 bits per heavy atom. The van der Waals surface area contributed by atoms with Crippen LogP contribution in [0.2, 0.25) is 0 Å². The molecular formula is C13H16O3S. The van der Waals surface area contributed by atoms with Gasteiger partial charge in [-0.05, 0) is 44.4 Å². The van der Waals surface area contributed by atoms with Gasteiger partial charge in [0.15, 0.2) is 9.84 Å². The Morgan fingerprint density at radius 2 is 1.71 bits per heavy atom. The molecule has 3 nitrogen and oxygen atoms in total. The molecule has 0 heterocycles. The van der Waals surface area contributed by atoms with Gasteiger partial charge in [0.1, 0.15) is 6.29 Å². The van der Waals surface area contributed by atoms with E-state index in [2.05, 4.69) is 0 Å². The van der Waals surface area contributed by atoms with Crippen LogP contribution in [-0.4, -0.2) is 20.0 Å². The van der Waals surface area contributed by atoms with Crippen molar-refractivity contribution in [2.45, 2.75) is 42.2 Å². The Labute approximate surface area is 102 Å². The van der Waals surface area contributed by atoms with Gasteiger partial charge in [0.2, 0.25) is 0 Å². The van der Waals surface area contributed by atoms with Crippen LogP contribution in [0.4, 0.5) is 0 Å². The summed E-state index contributed by atoms with van der Waals surface area (Å²) in [5.74, 6) is 0. The maximum absolute atomic E-state index is 11.9. The van der Waals surface area contributed by atoms with E-state index in [-0.39, 0.29) is 5.41 Å². The van der Waals surface area contributed by atoms with E-state index in [4.69, 9.17) is 0 Å². The molecule has 1 fully saturated rings. The monoisotopic (exact) mass is 252 g/mol. The van der Waals surface area contributed by atoms with Gasteiger partial charge in [-0.1, -0.05) is 12.1 Å². The van der Waals surface area contributed by atoms with Gasteiger partial charge < -0.3 is 4.79 Å². The van der Waals surface area contributed by atoms with E-state index < -0.39 is 15.1 Å². The third-order valence-electron chi connectivity index (χ3n) is 3.39. The Kier molecular flexibility index (Phi) is 2.86. The Morgan fingerprint density at radius 1 is 1.18 bits per heavy atom. The number of hydrogen-bond donors (Lipinski definition) is 0. The van der Waals surface area contributed by atoms with E-state index in [9.17, 15) is 13.2 Å². The van der Waals surface area contributed by atoms with Gasteiger partial charge in [0, 0.05) is 0 Å². The van der Waals surface area contributed by atoms with Crippen molar-refractivity contribution < 1.29 is 13.2 Å². The zero-order valence-electron chi connectivity index (χ0n) is 10.0. The highest BCUT2D eigenvalue weighted by atomic mass is 32.2. The van der Waals surface area contributed by atoms with E-state index in [1.807, 2.05) is 0 Å². The minimum Gasteiger partial charge on any atom is -0.302 e. The molecule has 0 spiro atoms. The molecule has 1 saturated carbocycles. The molecule has 1 aliphatic carbocycles. The highest BCUT2D eigenvalue weighted by Gasteiger charge is 2.44. The minimum atomic E-state index is -3.21. The molecule has 1 aromatic rings. The topological polar surface area (TPSA) is 51.2 Å². The highest BCUT2D eigenvalue weighted by Crippen LogP contribution is 2.46. The standard InChI is InChI=1S/C13H16O3S/c1-10(2)17(15,16)12-5-3-11(4-6-12)13(9-14)7-8-13/h3-6,9-10H,7-8H2,1-2H3. The van der Waals surface area contributed by atoms with Gasteiger partial charge in [0.25, 0.3) is 0 Å². The Balaban J connectivity index is 2.34. The highest BCUT2D eigenvalue weighted by molar-refractivity contribution is 7.92. The SMILES string of the molecule is CC(C)S(=O)(=O)c1ccc(C2(C=O)CC2)cc1. The second-order valence-electron chi connectivity index (χ2n) is 4.89. The van der Waals surface area contributed by atoms with Crippen molar-refractivity contribution >= 4 is 16.1 Å². The van der Waals surface area contributed by atoms with Gasteiger partial charge >= 0.3 is 0 Å². The lowest BCUT2D eigenvalue weighted by Crippen LogP contribution is -2.14. The third kappa shape index (κ3) is 2.02. The van der Waals surface area contributed by atoms with Gasteiger partial charge in [0.05, 0.1) is 15.6 Å². The van der Waals surface area contributed by atoms with Crippen molar-refractivity contribution in [1.82, 2.24) is 0 Å². The van der Waals surface area contributed by atoms with E-state index in [0.29, 0.717) is 4.90 Å². The summed E-state index contributed by atoms with van der Waals surface area (Å²) < 4.78 is 23.8. The molecule has 0 radical (unpaired) electrons. The number of carbonyl (C=O) groups excluding carboxylic acids is 1. The molecule has 0 unspecified atom stereocenters. The molecular weight excluding hydrogens is 236 g/mol. The molecule has 0 saturated heterocycles. The van der Waals surface area contributed by atoms with E-state index in [1.54, 1.807) is 38.1 Å². The normalized spacial score (nSPS) is 18.1. The van der Waals surface area contributed by atoms with Gasteiger partial charge in [-0.3, -0.25) is 0 Å². The lowest BCUT2D eigenvalue weighted by Gasteiger charge is -2.10. The van der Waals surface area contributed by atoms with Crippen molar-refractivity contribution in [1.29, 1.82) is 0 Å².